The maximum Gasteiger partial charge on any atom is 0.340 e. The maximum absolute atomic E-state index is 12.4. The Kier molecular flexibility index (Phi) is 5.87. The molecule has 0 aliphatic rings. The van der Waals surface area contributed by atoms with Crippen LogP contribution in [-0.2, 0) is 19.4 Å². The molecule has 0 unspecified atom stereocenters. The largest absolute Gasteiger partial charge is 0.462 e. The lowest BCUT2D eigenvalue weighted by Gasteiger charge is -2.12. The zero-order valence-electron chi connectivity index (χ0n) is 13.8. The van der Waals surface area contributed by atoms with Crippen molar-refractivity contribution in [2.75, 3.05) is 12.9 Å². The van der Waals surface area contributed by atoms with E-state index >= 15 is 0 Å². The zero-order chi connectivity index (χ0) is 18.6. The molecule has 0 amide bonds. The third-order valence-corrected chi connectivity index (χ3v) is 4.86. The van der Waals surface area contributed by atoms with Crippen LogP contribution in [0.1, 0.15) is 18.1 Å². The maximum atomic E-state index is 12.4. The van der Waals surface area contributed by atoms with E-state index in [1.54, 1.807) is 43.3 Å². The minimum atomic E-state index is -3.31. The summed E-state index contributed by atoms with van der Waals surface area (Å²) in [5.74, 6) is -0.561. The second-order valence-corrected chi connectivity index (χ2v) is 7.76. The summed E-state index contributed by atoms with van der Waals surface area (Å²) in [5.41, 5.74) is 7.67. The summed E-state index contributed by atoms with van der Waals surface area (Å²) in [6.45, 7) is 1.91. The highest BCUT2D eigenvalue weighted by Gasteiger charge is 2.19. The molecule has 0 fully saturated rings. The third-order valence-electron chi connectivity index (χ3n) is 3.48. The van der Waals surface area contributed by atoms with E-state index in [-0.39, 0.29) is 22.8 Å². The Morgan fingerprint density at radius 1 is 1.04 bits per heavy atom. The lowest BCUT2D eigenvalue weighted by molar-refractivity contribution is -0.136. The molecule has 0 aliphatic heterocycles. The van der Waals surface area contributed by atoms with E-state index in [1.807, 2.05) is 0 Å². The molecular weight excluding hydrogens is 362 g/mol. The SMILES string of the molecule is CCOC(=O)/C(=C(/N)c1ccc(S(C)(=O)=O)cc1)c1ccc(Cl)cc1. The summed E-state index contributed by atoms with van der Waals surface area (Å²) in [7, 11) is -3.31. The number of benzene rings is 2. The van der Waals surface area contributed by atoms with Crippen molar-refractivity contribution in [3.05, 3.63) is 64.7 Å². The first kappa shape index (κ1) is 19.0. The number of halogens is 1. The van der Waals surface area contributed by atoms with Crippen LogP contribution in [0.25, 0.3) is 11.3 Å². The van der Waals surface area contributed by atoms with Crippen LogP contribution >= 0.6 is 11.6 Å². The molecule has 2 aromatic carbocycles. The molecule has 0 radical (unpaired) electrons. The van der Waals surface area contributed by atoms with Crippen LogP contribution in [0.4, 0.5) is 0 Å². The van der Waals surface area contributed by atoms with Crippen molar-refractivity contribution in [1.82, 2.24) is 0 Å². The summed E-state index contributed by atoms with van der Waals surface area (Å²) in [4.78, 5) is 12.6. The molecule has 0 saturated heterocycles. The number of esters is 1. The number of nitrogens with two attached hydrogens (primary N) is 1. The number of ether oxygens (including phenoxy) is 1. The molecule has 0 aromatic heterocycles. The van der Waals surface area contributed by atoms with E-state index in [4.69, 9.17) is 22.1 Å². The van der Waals surface area contributed by atoms with Crippen molar-refractivity contribution in [1.29, 1.82) is 0 Å². The zero-order valence-corrected chi connectivity index (χ0v) is 15.4. The van der Waals surface area contributed by atoms with Crippen molar-refractivity contribution in [2.45, 2.75) is 11.8 Å². The normalized spacial score (nSPS) is 12.4. The second-order valence-electron chi connectivity index (χ2n) is 5.31. The molecule has 0 atom stereocenters. The van der Waals surface area contributed by atoms with Crippen molar-refractivity contribution in [3.63, 3.8) is 0 Å². The van der Waals surface area contributed by atoms with Gasteiger partial charge >= 0.3 is 5.97 Å². The minimum Gasteiger partial charge on any atom is -0.462 e. The van der Waals surface area contributed by atoms with Crippen LogP contribution in [0, 0.1) is 0 Å². The number of rotatable bonds is 5. The molecule has 0 bridgehead atoms. The van der Waals surface area contributed by atoms with E-state index in [0.717, 1.165) is 6.26 Å². The van der Waals surface area contributed by atoms with Crippen LogP contribution < -0.4 is 5.73 Å². The third kappa shape index (κ3) is 4.61. The fourth-order valence-electron chi connectivity index (χ4n) is 2.23. The molecule has 25 heavy (non-hydrogen) atoms. The van der Waals surface area contributed by atoms with Crippen LogP contribution in [-0.4, -0.2) is 27.2 Å². The summed E-state index contributed by atoms with van der Waals surface area (Å²) >= 11 is 5.89. The molecule has 0 aliphatic carbocycles. The van der Waals surface area contributed by atoms with Crippen molar-refractivity contribution < 1.29 is 17.9 Å². The first-order valence-corrected chi connectivity index (χ1v) is 9.74. The number of hydrogen-bond donors (Lipinski definition) is 1. The van der Waals surface area contributed by atoms with Crippen LogP contribution in [0.5, 0.6) is 0 Å². The van der Waals surface area contributed by atoms with Gasteiger partial charge in [-0.1, -0.05) is 35.9 Å². The fraction of sp³-hybridized carbons (Fsp3) is 0.167. The molecule has 2 rings (SSSR count). The second kappa shape index (κ2) is 7.72. The van der Waals surface area contributed by atoms with Gasteiger partial charge in [-0.25, -0.2) is 13.2 Å². The molecule has 2 N–H and O–H groups in total. The molecular formula is C18H18ClNO4S. The Morgan fingerprint density at radius 2 is 1.56 bits per heavy atom. The van der Waals surface area contributed by atoms with Crippen molar-refractivity contribution in [3.8, 4) is 0 Å². The van der Waals surface area contributed by atoms with Gasteiger partial charge in [0.2, 0.25) is 0 Å². The van der Waals surface area contributed by atoms with E-state index in [0.29, 0.717) is 16.1 Å². The summed E-state index contributed by atoms with van der Waals surface area (Å²) in [5, 5.41) is 0.531. The standard InChI is InChI=1S/C18H18ClNO4S/c1-3-24-18(21)16(12-4-8-14(19)9-5-12)17(20)13-6-10-15(11-7-13)25(2,22)23/h4-11H,3,20H2,1-2H3/b17-16+. The van der Waals surface area contributed by atoms with Crippen molar-refractivity contribution >= 4 is 38.7 Å². The average Bonchev–Trinajstić information content (AvgIpc) is 2.56. The van der Waals surface area contributed by atoms with Gasteiger partial charge in [0, 0.05) is 11.3 Å². The van der Waals surface area contributed by atoms with E-state index in [2.05, 4.69) is 0 Å². The lowest BCUT2D eigenvalue weighted by Crippen LogP contribution is -2.13. The predicted molar refractivity (Wildman–Crippen MR) is 98.6 cm³/mol. The van der Waals surface area contributed by atoms with Gasteiger partial charge < -0.3 is 10.5 Å². The Morgan fingerprint density at radius 3 is 2.04 bits per heavy atom. The van der Waals surface area contributed by atoms with E-state index in [1.165, 1.54) is 12.1 Å². The number of hydrogen-bond acceptors (Lipinski definition) is 5. The van der Waals surface area contributed by atoms with Gasteiger partial charge in [0.15, 0.2) is 9.84 Å². The summed E-state index contributed by atoms with van der Waals surface area (Å²) in [6.07, 6.45) is 1.12. The predicted octanol–water partition coefficient (Wildman–Crippen LogP) is 3.13. The highest BCUT2D eigenvalue weighted by atomic mass is 35.5. The molecule has 132 valence electrons. The topological polar surface area (TPSA) is 86.5 Å². The molecule has 7 heteroatoms. The van der Waals surface area contributed by atoms with Gasteiger partial charge in [-0.3, -0.25) is 0 Å². The quantitative estimate of drug-likeness (QED) is 0.490. The molecule has 0 spiro atoms. The molecule has 0 saturated carbocycles. The van der Waals surface area contributed by atoms with Gasteiger partial charge in [0.25, 0.3) is 0 Å². The van der Waals surface area contributed by atoms with E-state index < -0.39 is 15.8 Å². The Bertz CT molecular complexity index is 901. The lowest BCUT2D eigenvalue weighted by atomic mass is 10.00. The van der Waals surface area contributed by atoms with E-state index in [9.17, 15) is 13.2 Å². The summed E-state index contributed by atoms with van der Waals surface area (Å²) in [6, 6.07) is 12.6. The minimum absolute atomic E-state index is 0.174. The van der Waals surface area contributed by atoms with Crippen LogP contribution in [0.15, 0.2) is 53.4 Å². The summed E-state index contributed by atoms with van der Waals surface area (Å²) < 4.78 is 28.2. The van der Waals surface area contributed by atoms with Gasteiger partial charge in [-0.15, -0.1) is 0 Å². The Labute approximate surface area is 152 Å². The van der Waals surface area contributed by atoms with Gasteiger partial charge in [0.05, 0.1) is 22.8 Å². The number of carbonyl (C=O) groups excluding carboxylic acids is 1. The molecule has 2 aromatic rings. The smallest absolute Gasteiger partial charge is 0.340 e. The Hall–Kier alpha value is -2.31. The first-order valence-electron chi connectivity index (χ1n) is 7.47. The highest BCUT2D eigenvalue weighted by Crippen LogP contribution is 2.26. The number of carbonyl (C=O) groups is 1. The monoisotopic (exact) mass is 379 g/mol. The number of sulfone groups is 1. The fourth-order valence-corrected chi connectivity index (χ4v) is 2.99. The molecule has 5 nitrogen and oxygen atoms in total. The van der Waals surface area contributed by atoms with Crippen molar-refractivity contribution in [2.24, 2.45) is 5.73 Å². The van der Waals surface area contributed by atoms with Gasteiger partial charge in [-0.05, 0) is 42.3 Å². The first-order chi connectivity index (χ1) is 11.7. The van der Waals surface area contributed by atoms with Gasteiger partial charge in [-0.2, -0.15) is 0 Å². The highest BCUT2D eigenvalue weighted by molar-refractivity contribution is 7.90. The molecule has 0 heterocycles. The van der Waals surface area contributed by atoms with Crippen LogP contribution in [0.3, 0.4) is 0 Å². The van der Waals surface area contributed by atoms with Crippen LogP contribution in [0.2, 0.25) is 5.02 Å². The van der Waals surface area contributed by atoms with Gasteiger partial charge in [0.1, 0.15) is 0 Å². The average molecular weight is 380 g/mol. The Balaban J connectivity index is 2.57.